The van der Waals surface area contributed by atoms with Crippen molar-refractivity contribution < 1.29 is 9.90 Å². The van der Waals surface area contributed by atoms with Crippen molar-refractivity contribution in [2.45, 2.75) is 40.5 Å². The van der Waals surface area contributed by atoms with E-state index in [1.807, 2.05) is 6.08 Å². The molecule has 70 valence electrons. The van der Waals surface area contributed by atoms with Crippen LogP contribution in [0.2, 0.25) is 0 Å². The molecule has 0 rings (SSSR count). The maximum atomic E-state index is 10.5. The summed E-state index contributed by atoms with van der Waals surface area (Å²) in [6, 6.07) is 0. The Morgan fingerprint density at radius 1 is 1.50 bits per heavy atom. The second-order valence-corrected chi connectivity index (χ2v) is 3.87. The molecule has 0 aliphatic carbocycles. The van der Waals surface area contributed by atoms with Gasteiger partial charge in [0.1, 0.15) is 0 Å². The van der Waals surface area contributed by atoms with Crippen molar-refractivity contribution in [2.75, 3.05) is 0 Å². The lowest BCUT2D eigenvalue weighted by molar-refractivity contribution is -0.132. The third-order valence-corrected chi connectivity index (χ3v) is 1.84. The van der Waals surface area contributed by atoms with E-state index in [0.29, 0.717) is 5.57 Å². The monoisotopic (exact) mass is 170 g/mol. The molecule has 0 atom stereocenters. The lowest BCUT2D eigenvalue weighted by atomic mass is 9.86. The van der Waals surface area contributed by atoms with Crippen molar-refractivity contribution in [2.24, 2.45) is 5.41 Å². The van der Waals surface area contributed by atoms with Gasteiger partial charge in [-0.15, -0.1) is 0 Å². The van der Waals surface area contributed by atoms with Gasteiger partial charge in [-0.05, 0) is 18.8 Å². The normalized spacial score (nSPS) is 13.2. The molecule has 0 saturated heterocycles. The fraction of sp³-hybridized carbons (Fsp3) is 0.700. The highest BCUT2D eigenvalue weighted by molar-refractivity contribution is 5.85. The summed E-state index contributed by atoms with van der Waals surface area (Å²) < 4.78 is 0. The van der Waals surface area contributed by atoms with E-state index in [4.69, 9.17) is 5.11 Å². The summed E-state index contributed by atoms with van der Waals surface area (Å²) in [5.74, 6) is -0.820. The molecule has 0 fully saturated rings. The van der Waals surface area contributed by atoms with Crippen molar-refractivity contribution >= 4 is 5.97 Å². The summed E-state index contributed by atoms with van der Waals surface area (Å²) in [5.41, 5.74) is 0.450. The molecular formula is C10H18O2. The average molecular weight is 170 g/mol. The molecule has 0 saturated carbocycles. The Morgan fingerprint density at radius 2 is 2.00 bits per heavy atom. The molecule has 0 aromatic heterocycles. The van der Waals surface area contributed by atoms with Crippen LogP contribution in [-0.4, -0.2) is 11.1 Å². The van der Waals surface area contributed by atoms with Crippen LogP contribution in [0, 0.1) is 5.41 Å². The van der Waals surface area contributed by atoms with Gasteiger partial charge in [0.2, 0.25) is 0 Å². The lowest BCUT2D eigenvalue weighted by Crippen LogP contribution is -2.10. The van der Waals surface area contributed by atoms with Crippen molar-refractivity contribution in [1.82, 2.24) is 0 Å². The van der Waals surface area contributed by atoms with Crippen LogP contribution in [0.3, 0.4) is 0 Å². The molecule has 0 aromatic rings. The fourth-order valence-electron chi connectivity index (χ4n) is 1.36. The van der Waals surface area contributed by atoms with Gasteiger partial charge in [0.15, 0.2) is 0 Å². The number of allylic oxidation sites excluding steroid dienone is 1. The van der Waals surface area contributed by atoms with Gasteiger partial charge in [0.05, 0.1) is 0 Å². The Morgan fingerprint density at radius 3 is 2.33 bits per heavy atom. The third-order valence-electron chi connectivity index (χ3n) is 1.84. The Labute approximate surface area is 74.3 Å². The van der Waals surface area contributed by atoms with E-state index in [0.717, 1.165) is 12.8 Å². The highest BCUT2D eigenvalue weighted by atomic mass is 16.4. The molecule has 0 heterocycles. The summed E-state index contributed by atoms with van der Waals surface area (Å²) in [4.78, 5) is 10.5. The number of aliphatic carboxylic acids is 1. The molecule has 0 aliphatic heterocycles. The summed E-state index contributed by atoms with van der Waals surface area (Å²) in [7, 11) is 0. The number of carboxylic acid groups (broad SMARTS) is 1. The third kappa shape index (κ3) is 4.16. The van der Waals surface area contributed by atoms with Gasteiger partial charge in [-0.2, -0.15) is 0 Å². The number of hydrogen-bond donors (Lipinski definition) is 1. The van der Waals surface area contributed by atoms with E-state index < -0.39 is 5.97 Å². The number of carbonyl (C=O) groups is 1. The summed E-state index contributed by atoms with van der Waals surface area (Å²) >= 11 is 0. The minimum atomic E-state index is -0.820. The smallest absolute Gasteiger partial charge is 0.330 e. The van der Waals surface area contributed by atoms with Crippen LogP contribution in [0.1, 0.15) is 40.5 Å². The van der Waals surface area contributed by atoms with Crippen LogP contribution in [0.25, 0.3) is 0 Å². The van der Waals surface area contributed by atoms with E-state index in [2.05, 4.69) is 20.8 Å². The van der Waals surface area contributed by atoms with E-state index in [1.54, 1.807) is 6.92 Å². The molecule has 0 unspecified atom stereocenters. The minimum Gasteiger partial charge on any atom is -0.478 e. The van der Waals surface area contributed by atoms with Crippen molar-refractivity contribution in [3.8, 4) is 0 Å². The molecule has 2 nitrogen and oxygen atoms in total. The zero-order valence-corrected chi connectivity index (χ0v) is 8.35. The van der Waals surface area contributed by atoms with Crippen molar-refractivity contribution in [1.29, 1.82) is 0 Å². The Balaban J connectivity index is 4.38. The summed E-state index contributed by atoms with van der Waals surface area (Å²) in [5, 5.41) is 8.65. The Hall–Kier alpha value is -0.790. The van der Waals surface area contributed by atoms with Crippen LogP contribution < -0.4 is 0 Å². The predicted molar refractivity (Wildman–Crippen MR) is 50.1 cm³/mol. The Kier molecular flexibility index (Phi) is 4.01. The predicted octanol–water partition coefficient (Wildman–Crippen LogP) is 2.84. The van der Waals surface area contributed by atoms with Gasteiger partial charge in [-0.25, -0.2) is 4.79 Å². The van der Waals surface area contributed by atoms with Crippen LogP contribution in [0.4, 0.5) is 0 Å². The van der Waals surface area contributed by atoms with Crippen LogP contribution in [-0.2, 0) is 4.79 Å². The van der Waals surface area contributed by atoms with E-state index in [9.17, 15) is 4.79 Å². The number of hydrogen-bond acceptors (Lipinski definition) is 1. The van der Waals surface area contributed by atoms with Crippen molar-refractivity contribution in [3.63, 3.8) is 0 Å². The van der Waals surface area contributed by atoms with E-state index in [-0.39, 0.29) is 5.41 Å². The van der Waals surface area contributed by atoms with Gasteiger partial charge in [-0.1, -0.05) is 33.3 Å². The zero-order valence-electron chi connectivity index (χ0n) is 8.35. The molecule has 0 bridgehead atoms. The molecule has 2 heteroatoms. The first-order valence-electron chi connectivity index (χ1n) is 4.32. The molecule has 0 amide bonds. The van der Waals surface area contributed by atoms with Gasteiger partial charge >= 0.3 is 5.97 Å². The zero-order chi connectivity index (χ0) is 9.78. The second kappa shape index (κ2) is 4.29. The highest BCUT2D eigenvalue weighted by Crippen LogP contribution is 2.25. The maximum Gasteiger partial charge on any atom is 0.330 e. The molecular weight excluding hydrogens is 152 g/mol. The largest absolute Gasteiger partial charge is 0.478 e. The fourth-order valence-corrected chi connectivity index (χ4v) is 1.36. The van der Waals surface area contributed by atoms with Crippen LogP contribution in [0.15, 0.2) is 11.6 Å². The second-order valence-electron chi connectivity index (χ2n) is 3.87. The topological polar surface area (TPSA) is 37.3 Å². The van der Waals surface area contributed by atoms with Gasteiger partial charge < -0.3 is 5.11 Å². The first-order valence-corrected chi connectivity index (χ1v) is 4.32. The van der Waals surface area contributed by atoms with Gasteiger partial charge in [-0.3, -0.25) is 0 Å². The standard InChI is InChI=1S/C10H18O2/c1-5-6-10(3,4)7-8(2)9(11)12/h7H,5-6H2,1-4H3,(H,11,12). The van der Waals surface area contributed by atoms with Gasteiger partial charge in [0.25, 0.3) is 0 Å². The molecule has 1 N–H and O–H groups in total. The molecule has 0 spiro atoms. The minimum absolute atomic E-state index is 0.0111. The van der Waals surface area contributed by atoms with E-state index in [1.165, 1.54) is 0 Å². The molecule has 12 heavy (non-hydrogen) atoms. The first kappa shape index (κ1) is 11.2. The van der Waals surface area contributed by atoms with Gasteiger partial charge in [0, 0.05) is 5.57 Å². The summed E-state index contributed by atoms with van der Waals surface area (Å²) in [6.07, 6.45) is 3.94. The molecule has 0 aromatic carbocycles. The SMILES string of the molecule is CCCC(C)(C)C=C(C)C(=O)O. The average Bonchev–Trinajstić information content (AvgIpc) is 1.85. The van der Waals surface area contributed by atoms with E-state index >= 15 is 0 Å². The number of rotatable bonds is 4. The van der Waals surface area contributed by atoms with Crippen molar-refractivity contribution in [3.05, 3.63) is 11.6 Å². The number of carboxylic acids is 1. The lowest BCUT2D eigenvalue weighted by Gasteiger charge is -2.19. The Bertz CT molecular complexity index is 190. The maximum absolute atomic E-state index is 10.5. The van der Waals surface area contributed by atoms with Crippen LogP contribution in [0.5, 0.6) is 0 Å². The van der Waals surface area contributed by atoms with Crippen LogP contribution >= 0.6 is 0 Å². The first-order chi connectivity index (χ1) is 5.39. The molecule has 0 aliphatic rings. The quantitative estimate of drug-likeness (QED) is 0.659. The molecule has 0 radical (unpaired) electrons. The highest BCUT2D eigenvalue weighted by Gasteiger charge is 2.15. The summed E-state index contributed by atoms with van der Waals surface area (Å²) in [6.45, 7) is 7.86.